The lowest BCUT2D eigenvalue weighted by Crippen LogP contribution is -2.53. The van der Waals surface area contributed by atoms with Crippen molar-refractivity contribution in [3.8, 4) is 0 Å². The lowest BCUT2D eigenvalue weighted by molar-refractivity contribution is -0.135. The number of carbonyl (C=O) groups is 2. The molecule has 0 aromatic heterocycles. The fraction of sp³-hybridized carbons (Fsp3) is 0.889. The zero-order valence-electron chi connectivity index (χ0n) is 15.7. The van der Waals surface area contributed by atoms with E-state index in [9.17, 15) is 9.59 Å². The summed E-state index contributed by atoms with van der Waals surface area (Å²) in [5.41, 5.74) is -0.758. The van der Waals surface area contributed by atoms with Gasteiger partial charge >= 0.3 is 0 Å². The molecule has 0 rings (SSSR count). The summed E-state index contributed by atoms with van der Waals surface area (Å²) >= 11 is 0. The molecule has 0 saturated heterocycles. The van der Waals surface area contributed by atoms with Crippen LogP contribution in [0.1, 0.15) is 75.7 Å². The van der Waals surface area contributed by atoms with Crippen LogP contribution in [0.5, 0.6) is 0 Å². The first-order valence-electron chi connectivity index (χ1n) is 7.94. The monoisotopic (exact) mass is 297 g/mol. The smallest absolute Gasteiger partial charge is 0.147 e. The first-order valence-corrected chi connectivity index (χ1v) is 7.94. The quantitative estimate of drug-likeness (QED) is 0.772. The summed E-state index contributed by atoms with van der Waals surface area (Å²) in [6, 6.07) is -0.406. The minimum absolute atomic E-state index is 0.0294. The predicted octanol–water partition coefficient (Wildman–Crippen LogP) is 4.00. The second-order valence-electron chi connectivity index (χ2n) is 8.69. The molecule has 1 unspecified atom stereocenters. The SMILES string of the molecule is CC(=O)C(CC(=O)C(C)(C)C(C)(C)C)NC(C)(C)C(C)C. The Morgan fingerprint density at radius 1 is 0.952 bits per heavy atom. The van der Waals surface area contributed by atoms with Gasteiger partial charge in [0.05, 0.1) is 6.04 Å². The Morgan fingerprint density at radius 3 is 1.67 bits per heavy atom. The van der Waals surface area contributed by atoms with Crippen LogP contribution in [0.4, 0.5) is 0 Å². The Hall–Kier alpha value is -0.700. The molecule has 3 heteroatoms. The number of hydrogen-bond donors (Lipinski definition) is 1. The molecule has 1 atom stereocenters. The van der Waals surface area contributed by atoms with Crippen molar-refractivity contribution in [1.82, 2.24) is 5.32 Å². The molecule has 0 aliphatic heterocycles. The minimum Gasteiger partial charge on any atom is -0.302 e. The molecule has 0 radical (unpaired) electrons. The van der Waals surface area contributed by atoms with Crippen molar-refractivity contribution in [2.45, 2.75) is 87.2 Å². The molecular weight excluding hydrogens is 262 g/mol. The first kappa shape index (κ1) is 20.3. The highest BCUT2D eigenvalue weighted by atomic mass is 16.1. The molecule has 0 bridgehead atoms. The van der Waals surface area contributed by atoms with E-state index in [1.807, 2.05) is 13.8 Å². The molecule has 0 spiro atoms. The van der Waals surface area contributed by atoms with Crippen molar-refractivity contribution in [2.24, 2.45) is 16.7 Å². The molecule has 0 aromatic carbocycles. The molecule has 124 valence electrons. The van der Waals surface area contributed by atoms with Gasteiger partial charge in [-0.3, -0.25) is 9.59 Å². The van der Waals surface area contributed by atoms with Crippen LogP contribution in [0.15, 0.2) is 0 Å². The average molecular weight is 297 g/mol. The van der Waals surface area contributed by atoms with E-state index in [0.717, 1.165) is 0 Å². The molecule has 0 aliphatic rings. The van der Waals surface area contributed by atoms with Crippen LogP contribution < -0.4 is 5.32 Å². The summed E-state index contributed by atoms with van der Waals surface area (Å²) in [7, 11) is 0. The molecule has 0 fully saturated rings. The Labute approximate surface area is 131 Å². The third-order valence-corrected chi connectivity index (χ3v) is 5.44. The van der Waals surface area contributed by atoms with Crippen molar-refractivity contribution in [1.29, 1.82) is 0 Å². The summed E-state index contributed by atoms with van der Waals surface area (Å²) < 4.78 is 0. The summed E-state index contributed by atoms with van der Waals surface area (Å²) in [5, 5.41) is 3.38. The highest BCUT2D eigenvalue weighted by Crippen LogP contribution is 2.39. The van der Waals surface area contributed by atoms with Gasteiger partial charge in [0.1, 0.15) is 11.6 Å². The van der Waals surface area contributed by atoms with E-state index in [0.29, 0.717) is 5.92 Å². The number of Topliss-reactive ketones (excluding diaryl/α,β-unsaturated/α-hetero) is 2. The standard InChI is InChI=1S/C18H35NO2/c1-12(2)18(9,10)19-14(13(3)20)11-15(21)17(7,8)16(4,5)6/h12,14,19H,11H2,1-10H3. The van der Waals surface area contributed by atoms with E-state index in [1.165, 1.54) is 0 Å². The molecule has 3 nitrogen and oxygen atoms in total. The third kappa shape index (κ3) is 5.21. The van der Waals surface area contributed by atoms with Gasteiger partial charge in [-0.05, 0) is 32.1 Å². The van der Waals surface area contributed by atoms with Crippen molar-refractivity contribution in [3.63, 3.8) is 0 Å². The number of carbonyl (C=O) groups excluding carboxylic acids is 2. The van der Waals surface area contributed by atoms with Crippen LogP contribution in [0, 0.1) is 16.7 Å². The van der Waals surface area contributed by atoms with E-state index >= 15 is 0 Å². The Morgan fingerprint density at radius 2 is 1.38 bits per heavy atom. The molecule has 0 aromatic rings. The van der Waals surface area contributed by atoms with Crippen molar-refractivity contribution >= 4 is 11.6 Å². The maximum Gasteiger partial charge on any atom is 0.147 e. The van der Waals surface area contributed by atoms with Crippen LogP contribution in [-0.2, 0) is 9.59 Å². The molecule has 0 aliphatic carbocycles. The van der Waals surface area contributed by atoms with Crippen molar-refractivity contribution < 1.29 is 9.59 Å². The number of ketones is 2. The molecular formula is C18H35NO2. The molecule has 0 saturated carbocycles. The number of rotatable bonds is 7. The van der Waals surface area contributed by atoms with E-state index in [1.54, 1.807) is 6.92 Å². The number of nitrogens with one attached hydrogen (secondary N) is 1. The van der Waals surface area contributed by atoms with Crippen molar-refractivity contribution in [3.05, 3.63) is 0 Å². The summed E-state index contributed by atoms with van der Waals surface area (Å²) in [6.07, 6.45) is 0.260. The number of hydrogen-bond acceptors (Lipinski definition) is 3. The zero-order chi connectivity index (χ0) is 17.2. The largest absolute Gasteiger partial charge is 0.302 e. The summed E-state index contributed by atoms with van der Waals surface area (Å²) in [4.78, 5) is 24.6. The maximum absolute atomic E-state index is 12.7. The zero-order valence-corrected chi connectivity index (χ0v) is 15.7. The molecule has 1 N–H and O–H groups in total. The second-order valence-corrected chi connectivity index (χ2v) is 8.69. The van der Waals surface area contributed by atoms with Crippen LogP contribution in [0.3, 0.4) is 0 Å². The van der Waals surface area contributed by atoms with Gasteiger partial charge in [-0.15, -0.1) is 0 Å². The van der Waals surface area contributed by atoms with Gasteiger partial charge in [-0.1, -0.05) is 48.5 Å². The average Bonchev–Trinajstić information content (AvgIpc) is 2.25. The lowest BCUT2D eigenvalue weighted by Gasteiger charge is -2.39. The molecule has 21 heavy (non-hydrogen) atoms. The minimum atomic E-state index is -0.454. The highest BCUT2D eigenvalue weighted by molar-refractivity contribution is 5.92. The lowest BCUT2D eigenvalue weighted by atomic mass is 9.65. The van der Waals surface area contributed by atoms with Crippen LogP contribution in [-0.4, -0.2) is 23.1 Å². The van der Waals surface area contributed by atoms with E-state index in [4.69, 9.17) is 0 Å². The fourth-order valence-electron chi connectivity index (χ4n) is 1.77. The van der Waals surface area contributed by atoms with Gasteiger partial charge in [0.15, 0.2) is 0 Å². The summed E-state index contributed by atoms with van der Waals surface area (Å²) in [5.74, 6) is 0.550. The first-order chi connectivity index (χ1) is 9.13. The van der Waals surface area contributed by atoms with Gasteiger partial charge in [0.2, 0.25) is 0 Å². The Kier molecular flexibility index (Phi) is 6.38. The Balaban J connectivity index is 5.14. The highest BCUT2D eigenvalue weighted by Gasteiger charge is 2.41. The van der Waals surface area contributed by atoms with Crippen LogP contribution in [0.2, 0.25) is 0 Å². The second kappa shape index (κ2) is 6.60. The predicted molar refractivity (Wildman–Crippen MR) is 89.4 cm³/mol. The topological polar surface area (TPSA) is 46.2 Å². The van der Waals surface area contributed by atoms with Gasteiger partial charge in [-0.2, -0.15) is 0 Å². The molecule has 0 heterocycles. The normalized spacial score (nSPS) is 15.2. The van der Waals surface area contributed by atoms with Crippen LogP contribution >= 0.6 is 0 Å². The Bertz CT molecular complexity index is 387. The fourth-order valence-corrected chi connectivity index (χ4v) is 1.77. The van der Waals surface area contributed by atoms with Crippen molar-refractivity contribution in [2.75, 3.05) is 0 Å². The van der Waals surface area contributed by atoms with Gasteiger partial charge < -0.3 is 5.32 Å². The summed E-state index contributed by atoms with van der Waals surface area (Å²) in [6.45, 7) is 20.1. The van der Waals surface area contributed by atoms with Crippen LogP contribution in [0.25, 0.3) is 0 Å². The van der Waals surface area contributed by atoms with Gasteiger partial charge in [0, 0.05) is 17.4 Å². The van der Waals surface area contributed by atoms with Gasteiger partial charge in [0.25, 0.3) is 0 Å². The van der Waals surface area contributed by atoms with E-state index in [-0.39, 0.29) is 28.9 Å². The van der Waals surface area contributed by atoms with E-state index < -0.39 is 11.5 Å². The van der Waals surface area contributed by atoms with E-state index in [2.05, 4.69) is 53.8 Å². The molecule has 0 amide bonds. The maximum atomic E-state index is 12.7. The van der Waals surface area contributed by atoms with Gasteiger partial charge in [-0.25, -0.2) is 0 Å². The third-order valence-electron chi connectivity index (χ3n) is 5.44.